The van der Waals surface area contributed by atoms with Crippen molar-refractivity contribution in [1.82, 2.24) is 0 Å². The topological polar surface area (TPSA) is 33.3 Å². The number of anilines is 2. The fourth-order valence-corrected chi connectivity index (χ4v) is 2.08. The van der Waals surface area contributed by atoms with E-state index >= 15 is 0 Å². The van der Waals surface area contributed by atoms with Crippen molar-refractivity contribution in [2.45, 2.75) is 39.2 Å². The van der Waals surface area contributed by atoms with Crippen molar-refractivity contribution in [3.05, 3.63) is 18.2 Å². The molecule has 1 heterocycles. The fourth-order valence-electron chi connectivity index (χ4n) is 2.08. The zero-order valence-corrected chi connectivity index (χ0v) is 11.0. The first kappa shape index (κ1) is 12.1. The van der Waals surface area contributed by atoms with Crippen LogP contribution in [-0.2, 0) is 0 Å². The molecule has 1 aliphatic rings. The maximum Gasteiger partial charge on any atom is 0.144 e. The maximum absolute atomic E-state index is 5.77. The second kappa shape index (κ2) is 4.86. The van der Waals surface area contributed by atoms with Gasteiger partial charge in [0.2, 0.25) is 0 Å². The molecule has 0 saturated carbocycles. The summed E-state index contributed by atoms with van der Waals surface area (Å²) in [5.41, 5.74) is 2.37. The van der Waals surface area contributed by atoms with Crippen LogP contribution >= 0.6 is 0 Å². The Kier molecular flexibility index (Phi) is 3.46. The van der Waals surface area contributed by atoms with Gasteiger partial charge in [0.15, 0.2) is 0 Å². The largest absolute Gasteiger partial charge is 0.491 e. The van der Waals surface area contributed by atoms with Gasteiger partial charge in [-0.3, -0.25) is 0 Å². The van der Waals surface area contributed by atoms with Crippen LogP contribution in [-0.4, -0.2) is 18.7 Å². The van der Waals surface area contributed by atoms with Crippen molar-refractivity contribution in [3.8, 4) is 5.75 Å². The Morgan fingerprint density at radius 3 is 2.94 bits per heavy atom. The number of hydrogen-bond donors (Lipinski definition) is 2. The van der Waals surface area contributed by atoms with Crippen molar-refractivity contribution < 1.29 is 4.74 Å². The van der Waals surface area contributed by atoms with Crippen molar-refractivity contribution >= 4 is 11.4 Å². The van der Waals surface area contributed by atoms with Crippen molar-refractivity contribution in [3.63, 3.8) is 0 Å². The predicted octanol–water partition coefficient (Wildman–Crippen LogP) is 3.48. The second-order valence-corrected chi connectivity index (χ2v) is 5.21. The molecule has 94 valence electrons. The first-order valence-corrected chi connectivity index (χ1v) is 6.40. The zero-order valence-electron chi connectivity index (χ0n) is 11.0. The Hall–Kier alpha value is -1.38. The van der Waals surface area contributed by atoms with E-state index in [1.165, 1.54) is 0 Å². The lowest BCUT2D eigenvalue weighted by molar-refractivity contribution is 0.319. The Balaban J connectivity index is 2.28. The SMILES string of the molecule is CCCOc1cccc2c1NCCC(C)(C)N2. The van der Waals surface area contributed by atoms with Gasteiger partial charge < -0.3 is 15.4 Å². The molecule has 0 amide bonds. The molecule has 0 spiro atoms. The van der Waals surface area contributed by atoms with Crippen LogP contribution in [0.4, 0.5) is 11.4 Å². The summed E-state index contributed by atoms with van der Waals surface area (Å²) in [5, 5.41) is 7.04. The number of nitrogens with one attached hydrogen (secondary N) is 2. The van der Waals surface area contributed by atoms with Crippen LogP contribution in [0.2, 0.25) is 0 Å². The van der Waals surface area contributed by atoms with Crippen LogP contribution in [0.15, 0.2) is 18.2 Å². The van der Waals surface area contributed by atoms with Gasteiger partial charge in [0.25, 0.3) is 0 Å². The van der Waals surface area contributed by atoms with Gasteiger partial charge in [-0.05, 0) is 38.8 Å². The summed E-state index contributed by atoms with van der Waals surface area (Å²) in [6.07, 6.45) is 2.12. The fraction of sp³-hybridized carbons (Fsp3) is 0.571. The van der Waals surface area contributed by atoms with E-state index in [2.05, 4.69) is 37.5 Å². The third kappa shape index (κ3) is 2.84. The Bertz CT molecular complexity index is 388. The molecule has 0 atom stereocenters. The molecular weight excluding hydrogens is 212 g/mol. The Morgan fingerprint density at radius 2 is 2.18 bits per heavy atom. The van der Waals surface area contributed by atoms with Crippen LogP contribution in [0.5, 0.6) is 5.75 Å². The van der Waals surface area contributed by atoms with Gasteiger partial charge in [-0.1, -0.05) is 13.0 Å². The number of benzene rings is 1. The molecule has 0 aromatic heterocycles. The molecule has 17 heavy (non-hydrogen) atoms. The first-order valence-electron chi connectivity index (χ1n) is 6.40. The third-order valence-electron chi connectivity index (χ3n) is 3.01. The molecule has 0 radical (unpaired) electrons. The van der Waals surface area contributed by atoms with Gasteiger partial charge in [0.05, 0.1) is 12.3 Å². The lowest BCUT2D eigenvalue weighted by atomic mass is 10.0. The standard InChI is InChI=1S/C14H22N2O/c1-4-10-17-12-7-5-6-11-13(12)15-9-8-14(2,3)16-11/h5-7,15-16H,4,8-10H2,1-3H3. The van der Waals surface area contributed by atoms with Gasteiger partial charge in [-0.25, -0.2) is 0 Å². The minimum absolute atomic E-state index is 0.127. The summed E-state index contributed by atoms with van der Waals surface area (Å²) in [7, 11) is 0. The lowest BCUT2D eigenvalue weighted by Gasteiger charge is -2.25. The van der Waals surface area contributed by atoms with Crippen molar-refractivity contribution in [2.75, 3.05) is 23.8 Å². The molecule has 3 heteroatoms. The number of para-hydroxylation sites is 1. The van der Waals surface area contributed by atoms with E-state index in [4.69, 9.17) is 4.74 Å². The molecule has 0 saturated heterocycles. The Morgan fingerprint density at radius 1 is 1.35 bits per heavy atom. The Labute approximate surface area is 104 Å². The highest BCUT2D eigenvalue weighted by molar-refractivity contribution is 5.76. The summed E-state index contributed by atoms with van der Waals surface area (Å²) in [5.74, 6) is 0.953. The normalized spacial score (nSPS) is 17.4. The van der Waals surface area contributed by atoms with Crippen LogP contribution in [0, 0.1) is 0 Å². The lowest BCUT2D eigenvalue weighted by Crippen LogP contribution is -2.30. The minimum atomic E-state index is 0.127. The van der Waals surface area contributed by atoms with E-state index in [-0.39, 0.29) is 5.54 Å². The first-order chi connectivity index (χ1) is 8.12. The number of hydrogen-bond acceptors (Lipinski definition) is 3. The number of rotatable bonds is 3. The molecule has 1 aliphatic heterocycles. The van der Waals surface area contributed by atoms with Gasteiger partial charge in [0.1, 0.15) is 11.4 Å². The maximum atomic E-state index is 5.77. The molecule has 2 N–H and O–H groups in total. The predicted molar refractivity (Wildman–Crippen MR) is 73.0 cm³/mol. The number of ether oxygens (including phenoxy) is 1. The summed E-state index contributed by atoms with van der Waals surface area (Å²) in [6.45, 7) is 8.31. The molecule has 0 aliphatic carbocycles. The molecule has 0 unspecified atom stereocenters. The third-order valence-corrected chi connectivity index (χ3v) is 3.01. The van der Waals surface area contributed by atoms with E-state index in [9.17, 15) is 0 Å². The molecule has 2 rings (SSSR count). The quantitative estimate of drug-likeness (QED) is 0.840. The highest BCUT2D eigenvalue weighted by atomic mass is 16.5. The smallest absolute Gasteiger partial charge is 0.144 e. The van der Waals surface area contributed by atoms with Crippen LogP contribution in [0.25, 0.3) is 0 Å². The molecule has 1 aromatic carbocycles. The van der Waals surface area contributed by atoms with Gasteiger partial charge in [0, 0.05) is 12.1 Å². The molecule has 0 fully saturated rings. The van der Waals surface area contributed by atoms with Gasteiger partial charge in [-0.2, -0.15) is 0 Å². The monoisotopic (exact) mass is 234 g/mol. The zero-order chi connectivity index (χ0) is 12.3. The van der Waals surface area contributed by atoms with E-state index in [0.29, 0.717) is 0 Å². The van der Waals surface area contributed by atoms with E-state index in [1.807, 2.05) is 12.1 Å². The second-order valence-electron chi connectivity index (χ2n) is 5.21. The molecule has 3 nitrogen and oxygen atoms in total. The highest BCUT2D eigenvalue weighted by Crippen LogP contribution is 2.36. The summed E-state index contributed by atoms with van der Waals surface area (Å²) >= 11 is 0. The van der Waals surface area contributed by atoms with Crippen molar-refractivity contribution in [1.29, 1.82) is 0 Å². The minimum Gasteiger partial charge on any atom is -0.491 e. The van der Waals surface area contributed by atoms with Crippen LogP contribution in [0.3, 0.4) is 0 Å². The summed E-state index contributed by atoms with van der Waals surface area (Å²) in [6, 6.07) is 6.18. The average Bonchev–Trinajstić information content (AvgIpc) is 2.43. The molecule has 1 aromatic rings. The number of fused-ring (bicyclic) bond motifs is 1. The van der Waals surface area contributed by atoms with E-state index in [1.54, 1.807) is 0 Å². The van der Waals surface area contributed by atoms with Crippen molar-refractivity contribution in [2.24, 2.45) is 0 Å². The van der Waals surface area contributed by atoms with Gasteiger partial charge >= 0.3 is 0 Å². The average molecular weight is 234 g/mol. The molecule has 0 bridgehead atoms. The van der Waals surface area contributed by atoms with E-state index in [0.717, 1.165) is 43.1 Å². The molecular formula is C14H22N2O. The van der Waals surface area contributed by atoms with Crippen LogP contribution < -0.4 is 15.4 Å². The van der Waals surface area contributed by atoms with Crippen LogP contribution in [0.1, 0.15) is 33.6 Å². The highest BCUT2D eigenvalue weighted by Gasteiger charge is 2.23. The van der Waals surface area contributed by atoms with Gasteiger partial charge in [-0.15, -0.1) is 0 Å². The van der Waals surface area contributed by atoms with E-state index < -0.39 is 0 Å². The summed E-state index contributed by atoms with van der Waals surface area (Å²) in [4.78, 5) is 0. The summed E-state index contributed by atoms with van der Waals surface area (Å²) < 4.78 is 5.77.